The smallest absolute Gasteiger partial charge is 0.112 e. The number of thiazole rings is 1. The summed E-state index contributed by atoms with van der Waals surface area (Å²) in [4.78, 5) is 7.11. The Bertz CT molecular complexity index is 565. The van der Waals surface area contributed by atoms with Crippen LogP contribution in [0.15, 0.2) is 17.6 Å². The Labute approximate surface area is 123 Å². The van der Waals surface area contributed by atoms with E-state index < -0.39 is 0 Å². The van der Waals surface area contributed by atoms with Gasteiger partial charge in [-0.25, -0.2) is 4.98 Å². The normalized spacial score (nSPS) is 20.4. The van der Waals surface area contributed by atoms with Gasteiger partial charge in [0.1, 0.15) is 5.01 Å². The lowest BCUT2D eigenvalue weighted by atomic mass is 10.2. The van der Waals surface area contributed by atoms with Gasteiger partial charge in [0.05, 0.1) is 19.3 Å². The first-order chi connectivity index (χ1) is 9.74. The third-order valence-corrected chi connectivity index (χ3v) is 4.80. The van der Waals surface area contributed by atoms with Gasteiger partial charge in [-0.3, -0.25) is 9.58 Å². The van der Waals surface area contributed by atoms with E-state index in [4.69, 9.17) is 4.74 Å². The summed E-state index contributed by atoms with van der Waals surface area (Å²) in [7, 11) is 2.00. The fraction of sp³-hybridized carbons (Fsp3) is 0.571. The molecule has 6 heteroatoms. The van der Waals surface area contributed by atoms with Gasteiger partial charge in [0.15, 0.2) is 0 Å². The predicted molar refractivity (Wildman–Crippen MR) is 78.9 cm³/mol. The van der Waals surface area contributed by atoms with Gasteiger partial charge in [-0.1, -0.05) is 0 Å². The quantitative estimate of drug-likeness (QED) is 0.862. The average Bonchev–Trinajstić information content (AvgIpc) is 3.06. The number of aryl methyl sites for hydroxylation is 2. The van der Waals surface area contributed by atoms with Gasteiger partial charge >= 0.3 is 0 Å². The lowest BCUT2D eigenvalue weighted by Gasteiger charge is -2.34. The molecule has 108 valence electrons. The molecule has 5 nitrogen and oxygen atoms in total. The first-order valence-corrected chi connectivity index (χ1v) is 7.82. The average molecular weight is 292 g/mol. The molecule has 1 saturated heterocycles. The van der Waals surface area contributed by atoms with Crippen LogP contribution in [0, 0.1) is 6.92 Å². The highest BCUT2D eigenvalue weighted by Crippen LogP contribution is 2.26. The van der Waals surface area contributed by atoms with Crippen LogP contribution in [-0.2, 0) is 18.2 Å². The van der Waals surface area contributed by atoms with Crippen molar-refractivity contribution < 1.29 is 4.74 Å². The van der Waals surface area contributed by atoms with E-state index >= 15 is 0 Å². The number of morpholine rings is 1. The van der Waals surface area contributed by atoms with Gasteiger partial charge in [-0.05, 0) is 13.0 Å². The van der Waals surface area contributed by atoms with Crippen LogP contribution in [0.5, 0.6) is 0 Å². The number of ether oxygens (including phenoxy) is 1. The Balaban J connectivity index is 1.68. The molecule has 0 N–H and O–H groups in total. The van der Waals surface area contributed by atoms with Crippen molar-refractivity contribution in [2.24, 2.45) is 7.05 Å². The SMILES string of the molecule is Cc1csc(C2COCCN2CCc2ccnn2C)n1. The summed E-state index contributed by atoms with van der Waals surface area (Å²) in [5.41, 5.74) is 2.37. The van der Waals surface area contributed by atoms with Crippen LogP contribution in [-0.4, -0.2) is 46.0 Å². The maximum Gasteiger partial charge on any atom is 0.112 e. The van der Waals surface area contributed by atoms with Gasteiger partial charge in [-0.15, -0.1) is 11.3 Å². The molecule has 1 aliphatic rings. The summed E-state index contributed by atoms with van der Waals surface area (Å²) in [5, 5.41) is 7.51. The molecule has 0 radical (unpaired) electrons. The molecular formula is C14H20N4OS. The van der Waals surface area contributed by atoms with Gasteiger partial charge in [-0.2, -0.15) is 5.10 Å². The molecule has 3 rings (SSSR count). The van der Waals surface area contributed by atoms with Crippen molar-refractivity contribution in [1.82, 2.24) is 19.7 Å². The second kappa shape index (κ2) is 6.03. The Hall–Kier alpha value is -1.24. The Morgan fingerprint density at radius 3 is 3.10 bits per heavy atom. The summed E-state index contributed by atoms with van der Waals surface area (Å²) in [6, 6.07) is 2.39. The van der Waals surface area contributed by atoms with Gasteiger partial charge in [0.2, 0.25) is 0 Å². The van der Waals surface area contributed by atoms with E-state index in [1.807, 2.05) is 24.9 Å². The summed E-state index contributed by atoms with van der Waals surface area (Å²) in [5.74, 6) is 0. The third-order valence-electron chi connectivity index (χ3n) is 3.74. The minimum Gasteiger partial charge on any atom is -0.378 e. The topological polar surface area (TPSA) is 43.2 Å². The van der Waals surface area contributed by atoms with Gasteiger partial charge in [0.25, 0.3) is 0 Å². The lowest BCUT2D eigenvalue weighted by Crippen LogP contribution is -2.40. The molecule has 2 aromatic heterocycles. The molecule has 0 saturated carbocycles. The summed E-state index contributed by atoms with van der Waals surface area (Å²) >= 11 is 1.74. The monoisotopic (exact) mass is 292 g/mol. The fourth-order valence-corrected chi connectivity index (χ4v) is 3.48. The number of hydrogen-bond acceptors (Lipinski definition) is 5. The molecule has 3 heterocycles. The van der Waals surface area contributed by atoms with E-state index in [0.29, 0.717) is 6.04 Å². The van der Waals surface area contributed by atoms with Crippen LogP contribution in [0.4, 0.5) is 0 Å². The molecule has 1 aliphatic heterocycles. The van der Waals surface area contributed by atoms with E-state index in [1.165, 1.54) is 10.7 Å². The molecule has 1 fully saturated rings. The minimum absolute atomic E-state index is 0.302. The number of nitrogens with zero attached hydrogens (tertiary/aromatic N) is 4. The van der Waals surface area contributed by atoms with E-state index in [1.54, 1.807) is 11.3 Å². The molecular weight excluding hydrogens is 272 g/mol. The number of rotatable bonds is 4. The van der Waals surface area contributed by atoms with Crippen LogP contribution >= 0.6 is 11.3 Å². The van der Waals surface area contributed by atoms with Crippen LogP contribution < -0.4 is 0 Å². The zero-order chi connectivity index (χ0) is 13.9. The summed E-state index contributed by atoms with van der Waals surface area (Å²) in [6.45, 7) is 5.60. The van der Waals surface area contributed by atoms with Crippen molar-refractivity contribution in [3.63, 3.8) is 0 Å². The van der Waals surface area contributed by atoms with Crippen molar-refractivity contribution in [3.05, 3.63) is 34.0 Å². The Morgan fingerprint density at radius 1 is 1.50 bits per heavy atom. The van der Waals surface area contributed by atoms with Crippen molar-refractivity contribution in [2.75, 3.05) is 26.3 Å². The second-order valence-electron chi connectivity index (χ2n) is 5.15. The molecule has 0 spiro atoms. The fourth-order valence-electron chi connectivity index (χ4n) is 2.56. The maximum absolute atomic E-state index is 5.64. The standard InChI is InChI=1S/C14H20N4OS/c1-11-10-20-14(16-11)13-9-19-8-7-18(13)6-4-12-3-5-15-17(12)2/h3,5,10,13H,4,6-9H2,1-2H3. The van der Waals surface area contributed by atoms with Crippen LogP contribution in [0.25, 0.3) is 0 Å². The Morgan fingerprint density at radius 2 is 2.40 bits per heavy atom. The maximum atomic E-state index is 5.64. The highest BCUT2D eigenvalue weighted by atomic mass is 32.1. The molecule has 0 amide bonds. The zero-order valence-electron chi connectivity index (χ0n) is 12.0. The first-order valence-electron chi connectivity index (χ1n) is 6.95. The van der Waals surface area contributed by atoms with Gasteiger partial charge < -0.3 is 4.74 Å². The van der Waals surface area contributed by atoms with Crippen molar-refractivity contribution >= 4 is 11.3 Å². The first kappa shape index (κ1) is 13.7. The second-order valence-corrected chi connectivity index (χ2v) is 6.04. The highest BCUT2D eigenvalue weighted by Gasteiger charge is 2.26. The molecule has 1 atom stereocenters. The Kier molecular flexibility index (Phi) is 4.14. The van der Waals surface area contributed by atoms with E-state index in [0.717, 1.165) is 38.4 Å². The van der Waals surface area contributed by atoms with Crippen LogP contribution in [0.2, 0.25) is 0 Å². The summed E-state index contributed by atoms with van der Waals surface area (Å²) in [6.07, 6.45) is 2.87. The third kappa shape index (κ3) is 2.92. The van der Waals surface area contributed by atoms with E-state index in [2.05, 4.69) is 26.4 Å². The van der Waals surface area contributed by atoms with Crippen molar-refractivity contribution in [1.29, 1.82) is 0 Å². The molecule has 2 aromatic rings. The lowest BCUT2D eigenvalue weighted by molar-refractivity contribution is -0.00812. The highest BCUT2D eigenvalue weighted by molar-refractivity contribution is 7.09. The molecule has 0 aliphatic carbocycles. The van der Waals surface area contributed by atoms with Crippen molar-refractivity contribution in [3.8, 4) is 0 Å². The molecule has 20 heavy (non-hydrogen) atoms. The number of aromatic nitrogens is 3. The van der Waals surface area contributed by atoms with Crippen LogP contribution in [0.3, 0.4) is 0 Å². The summed E-state index contributed by atoms with van der Waals surface area (Å²) < 4.78 is 7.59. The van der Waals surface area contributed by atoms with Crippen molar-refractivity contribution in [2.45, 2.75) is 19.4 Å². The molecule has 0 bridgehead atoms. The predicted octanol–water partition coefficient (Wildman–Crippen LogP) is 1.80. The van der Waals surface area contributed by atoms with E-state index in [-0.39, 0.29) is 0 Å². The zero-order valence-corrected chi connectivity index (χ0v) is 12.8. The molecule has 1 unspecified atom stereocenters. The minimum atomic E-state index is 0.302. The van der Waals surface area contributed by atoms with Crippen LogP contribution in [0.1, 0.15) is 22.4 Å². The largest absolute Gasteiger partial charge is 0.378 e. The van der Waals surface area contributed by atoms with E-state index in [9.17, 15) is 0 Å². The van der Waals surface area contributed by atoms with Gasteiger partial charge in [0, 0.05) is 49.5 Å². The molecule has 0 aromatic carbocycles. The number of hydrogen-bond donors (Lipinski definition) is 0.